The highest BCUT2D eigenvalue weighted by atomic mass is 16.5. The van der Waals surface area contributed by atoms with Crippen LogP contribution in [0, 0.1) is 0 Å². The van der Waals surface area contributed by atoms with E-state index in [-0.39, 0.29) is 31.3 Å². The van der Waals surface area contributed by atoms with Gasteiger partial charge in [-0.25, -0.2) is 4.98 Å². The van der Waals surface area contributed by atoms with Gasteiger partial charge in [0.2, 0.25) is 11.8 Å². The maximum atomic E-state index is 12.4. The van der Waals surface area contributed by atoms with Crippen LogP contribution in [0.2, 0.25) is 0 Å². The van der Waals surface area contributed by atoms with Crippen LogP contribution >= 0.6 is 0 Å². The number of amides is 2. The first-order valence-electron chi connectivity index (χ1n) is 8.43. The van der Waals surface area contributed by atoms with Crippen molar-refractivity contribution in [3.63, 3.8) is 0 Å². The molecule has 0 radical (unpaired) electrons. The molecule has 7 nitrogen and oxygen atoms in total. The van der Waals surface area contributed by atoms with Crippen LogP contribution in [0.3, 0.4) is 0 Å². The summed E-state index contributed by atoms with van der Waals surface area (Å²) in [7, 11) is 0. The number of ether oxygens (including phenoxy) is 1. The highest BCUT2D eigenvalue weighted by molar-refractivity contribution is 6.00. The molecule has 2 amide bonds. The number of benzene rings is 2. The summed E-state index contributed by atoms with van der Waals surface area (Å²) in [4.78, 5) is 33.8. The Morgan fingerprint density at radius 3 is 2.88 bits per heavy atom. The third-order valence-corrected chi connectivity index (χ3v) is 4.22. The number of aromatic nitrogens is 2. The van der Waals surface area contributed by atoms with Crippen molar-refractivity contribution in [1.82, 2.24) is 15.3 Å². The molecule has 0 saturated heterocycles. The molecule has 0 bridgehead atoms. The number of H-pyrrole nitrogens is 1. The van der Waals surface area contributed by atoms with Crippen molar-refractivity contribution in [3.8, 4) is 5.75 Å². The predicted octanol–water partition coefficient (Wildman–Crippen LogP) is 1.99. The van der Waals surface area contributed by atoms with Gasteiger partial charge in [-0.05, 0) is 24.3 Å². The largest absolute Gasteiger partial charge is 0.491 e. The normalized spacial score (nSPS) is 13.8. The van der Waals surface area contributed by atoms with E-state index in [1.54, 1.807) is 12.1 Å². The summed E-state index contributed by atoms with van der Waals surface area (Å²) in [5, 5.41) is 2.81. The lowest BCUT2D eigenvalue weighted by atomic mass is 10.2. The Kier molecular flexibility index (Phi) is 4.27. The van der Waals surface area contributed by atoms with E-state index in [9.17, 15) is 9.59 Å². The molecule has 132 valence electrons. The minimum Gasteiger partial charge on any atom is -0.491 e. The number of hydrogen-bond acceptors (Lipinski definition) is 4. The number of para-hydroxylation sites is 4. The molecule has 0 atom stereocenters. The highest BCUT2D eigenvalue weighted by Crippen LogP contribution is 2.30. The molecule has 3 aromatic rings. The van der Waals surface area contributed by atoms with Crippen molar-refractivity contribution in [3.05, 3.63) is 54.4 Å². The Morgan fingerprint density at radius 1 is 1.19 bits per heavy atom. The van der Waals surface area contributed by atoms with E-state index >= 15 is 0 Å². The van der Waals surface area contributed by atoms with Gasteiger partial charge in [-0.2, -0.15) is 0 Å². The van der Waals surface area contributed by atoms with Gasteiger partial charge in [0.05, 0.1) is 36.3 Å². The van der Waals surface area contributed by atoms with E-state index in [2.05, 4.69) is 15.3 Å². The topological polar surface area (TPSA) is 87.3 Å². The third kappa shape index (κ3) is 3.23. The maximum Gasteiger partial charge on any atom is 0.240 e. The van der Waals surface area contributed by atoms with E-state index in [0.717, 1.165) is 11.0 Å². The summed E-state index contributed by atoms with van der Waals surface area (Å²) in [5.74, 6) is 0.901. The van der Waals surface area contributed by atoms with Gasteiger partial charge < -0.3 is 15.0 Å². The zero-order chi connectivity index (χ0) is 17.9. The van der Waals surface area contributed by atoms with Crippen LogP contribution in [0.4, 0.5) is 5.69 Å². The van der Waals surface area contributed by atoms with E-state index in [1.165, 1.54) is 4.90 Å². The second-order valence-corrected chi connectivity index (χ2v) is 6.02. The Hall–Kier alpha value is -3.35. The minimum atomic E-state index is -0.254. The molecule has 1 aliphatic heterocycles. The fourth-order valence-corrected chi connectivity index (χ4v) is 2.96. The van der Waals surface area contributed by atoms with Crippen molar-refractivity contribution in [1.29, 1.82) is 0 Å². The summed E-state index contributed by atoms with van der Waals surface area (Å²) in [6.07, 6.45) is 0.242. The molecule has 0 fully saturated rings. The third-order valence-electron chi connectivity index (χ3n) is 4.22. The second-order valence-electron chi connectivity index (χ2n) is 6.02. The number of hydrogen-bond donors (Lipinski definition) is 2. The molecule has 4 rings (SSSR count). The first-order valence-corrected chi connectivity index (χ1v) is 8.43. The first-order chi connectivity index (χ1) is 12.7. The lowest BCUT2D eigenvalue weighted by Gasteiger charge is -2.21. The molecule has 0 aliphatic carbocycles. The Bertz CT molecular complexity index is 933. The molecule has 7 heteroatoms. The number of carbonyl (C=O) groups excluding carboxylic acids is 2. The van der Waals surface area contributed by atoms with Gasteiger partial charge in [-0.15, -0.1) is 0 Å². The molecule has 0 unspecified atom stereocenters. The average molecular weight is 350 g/mol. The molecular formula is C19H18N4O3. The van der Waals surface area contributed by atoms with Crippen molar-refractivity contribution in [2.24, 2.45) is 0 Å². The summed E-state index contributed by atoms with van der Waals surface area (Å²) in [6, 6.07) is 14.9. The van der Waals surface area contributed by atoms with Crippen LogP contribution in [-0.4, -0.2) is 34.9 Å². The van der Waals surface area contributed by atoms with E-state index in [0.29, 0.717) is 23.9 Å². The van der Waals surface area contributed by atoms with Crippen molar-refractivity contribution in [2.75, 3.05) is 18.1 Å². The van der Waals surface area contributed by atoms with Gasteiger partial charge in [0, 0.05) is 0 Å². The molecule has 2 N–H and O–H groups in total. The summed E-state index contributed by atoms with van der Waals surface area (Å²) < 4.78 is 5.58. The van der Waals surface area contributed by atoms with Crippen LogP contribution in [0.1, 0.15) is 12.2 Å². The lowest BCUT2D eigenvalue weighted by Crippen LogP contribution is -2.40. The zero-order valence-electron chi connectivity index (χ0n) is 14.1. The molecular weight excluding hydrogens is 332 g/mol. The Labute approximate surface area is 150 Å². The fraction of sp³-hybridized carbons (Fsp3) is 0.211. The molecule has 2 aromatic carbocycles. The average Bonchev–Trinajstić information content (AvgIpc) is 3.01. The van der Waals surface area contributed by atoms with E-state index in [4.69, 9.17) is 4.74 Å². The lowest BCUT2D eigenvalue weighted by molar-refractivity contribution is -0.124. The molecule has 26 heavy (non-hydrogen) atoms. The van der Waals surface area contributed by atoms with E-state index < -0.39 is 0 Å². The van der Waals surface area contributed by atoms with Crippen LogP contribution in [-0.2, 0) is 16.1 Å². The van der Waals surface area contributed by atoms with Crippen molar-refractivity contribution < 1.29 is 14.3 Å². The van der Waals surface area contributed by atoms with Gasteiger partial charge in [-0.1, -0.05) is 24.3 Å². The molecule has 0 spiro atoms. The fourth-order valence-electron chi connectivity index (χ4n) is 2.96. The number of rotatable bonds is 4. The van der Waals surface area contributed by atoms with Gasteiger partial charge in [0.25, 0.3) is 0 Å². The molecule has 1 aromatic heterocycles. The number of carbonyl (C=O) groups is 2. The number of anilines is 1. The van der Waals surface area contributed by atoms with E-state index in [1.807, 2.05) is 36.4 Å². The molecule has 1 aliphatic rings. The SMILES string of the molecule is O=C(CN1C(=O)CCOc2ccccc21)NCc1nc2ccccc2[nH]1. The Balaban J connectivity index is 1.44. The van der Waals surface area contributed by atoms with Crippen LogP contribution in [0.25, 0.3) is 11.0 Å². The number of fused-ring (bicyclic) bond motifs is 2. The van der Waals surface area contributed by atoms with Gasteiger partial charge in [-0.3, -0.25) is 14.5 Å². The van der Waals surface area contributed by atoms with Gasteiger partial charge in [0.1, 0.15) is 18.1 Å². The maximum absolute atomic E-state index is 12.4. The minimum absolute atomic E-state index is 0.0561. The summed E-state index contributed by atoms with van der Waals surface area (Å²) in [5.41, 5.74) is 2.39. The van der Waals surface area contributed by atoms with Gasteiger partial charge in [0.15, 0.2) is 0 Å². The van der Waals surface area contributed by atoms with Crippen LogP contribution < -0.4 is 15.0 Å². The predicted molar refractivity (Wildman–Crippen MR) is 96.8 cm³/mol. The summed E-state index contributed by atoms with van der Waals surface area (Å²) >= 11 is 0. The van der Waals surface area contributed by atoms with Crippen LogP contribution in [0.5, 0.6) is 5.75 Å². The number of nitrogens with zero attached hydrogens (tertiary/aromatic N) is 2. The quantitative estimate of drug-likeness (QED) is 0.753. The van der Waals surface area contributed by atoms with Crippen molar-refractivity contribution in [2.45, 2.75) is 13.0 Å². The monoisotopic (exact) mass is 350 g/mol. The zero-order valence-corrected chi connectivity index (χ0v) is 14.1. The molecule has 2 heterocycles. The smallest absolute Gasteiger partial charge is 0.240 e. The number of aromatic amines is 1. The standard InChI is InChI=1S/C19H18N4O3/c24-18(20-11-17-21-13-5-1-2-6-14(13)22-17)12-23-15-7-3-4-8-16(15)26-10-9-19(23)25/h1-8H,9-12H2,(H,20,24)(H,21,22). The van der Waals surface area contributed by atoms with Crippen LogP contribution in [0.15, 0.2) is 48.5 Å². The number of imidazole rings is 1. The number of nitrogens with one attached hydrogen (secondary N) is 2. The first kappa shape index (κ1) is 16.1. The second kappa shape index (κ2) is 6.87. The Morgan fingerprint density at radius 2 is 2.00 bits per heavy atom. The highest BCUT2D eigenvalue weighted by Gasteiger charge is 2.24. The summed E-state index contributed by atoms with van der Waals surface area (Å²) in [6.45, 7) is 0.528. The molecule has 0 saturated carbocycles. The van der Waals surface area contributed by atoms with Gasteiger partial charge >= 0.3 is 0 Å². The van der Waals surface area contributed by atoms with Crippen molar-refractivity contribution >= 4 is 28.5 Å².